The molecule has 0 bridgehead atoms. The Hall–Kier alpha value is -4.91. The van der Waals surface area contributed by atoms with Crippen LogP contribution in [0.15, 0.2) is 97.2 Å². The Morgan fingerprint density at radius 3 is 1.80 bits per heavy atom. The first-order chi connectivity index (χ1) is 21.2. The summed E-state index contributed by atoms with van der Waals surface area (Å²) in [5.41, 5.74) is 5.48. The lowest BCUT2D eigenvalue weighted by Gasteiger charge is -2.36. The molecule has 0 N–H and O–H groups in total. The first kappa shape index (κ1) is 29.2. The maximum Gasteiger partial charge on any atom is 0.356 e. The minimum Gasteiger partial charge on any atom is -0.462 e. The zero-order chi connectivity index (χ0) is 31.1. The molecule has 2 heterocycles. The predicted molar refractivity (Wildman–Crippen MR) is 170 cm³/mol. The number of benzene rings is 3. The lowest BCUT2D eigenvalue weighted by molar-refractivity contribution is 0.00537. The second kappa shape index (κ2) is 11.3. The maximum absolute atomic E-state index is 13.6. The third-order valence-corrected chi connectivity index (χ3v) is 8.14. The van der Waals surface area contributed by atoms with Gasteiger partial charge < -0.3 is 14.0 Å². The van der Waals surface area contributed by atoms with E-state index in [9.17, 15) is 9.59 Å². The molecular weight excluding hydrogens is 550 g/mol. The van der Waals surface area contributed by atoms with Gasteiger partial charge in [0.1, 0.15) is 16.8 Å². The lowest BCUT2D eigenvalue weighted by Crippen LogP contribution is -2.38. The lowest BCUT2D eigenvalue weighted by atomic mass is 9.77. The van der Waals surface area contributed by atoms with Crippen LogP contribution in [0.1, 0.15) is 76.5 Å². The highest BCUT2D eigenvalue weighted by Gasteiger charge is 2.42. The summed E-state index contributed by atoms with van der Waals surface area (Å²) in [5.74, 6) is -1.08. The number of esters is 2. The van der Waals surface area contributed by atoms with E-state index in [1.54, 1.807) is 11.5 Å². The average molecular weight is 588 g/mol. The van der Waals surface area contributed by atoms with Gasteiger partial charge in [0.25, 0.3) is 0 Å². The van der Waals surface area contributed by atoms with Crippen molar-refractivity contribution in [2.45, 2.75) is 51.7 Å². The minimum absolute atomic E-state index is 0.199. The number of aromatic nitrogens is 3. The van der Waals surface area contributed by atoms with Gasteiger partial charge in [-0.1, -0.05) is 91.0 Å². The van der Waals surface area contributed by atoms with Crippen molar-refractivity contribution in [1.29, 1.82) is 0 Å². The molecule has 0 radical (unpaired) electrons. The van der Waals surface area contributed by atoms with Crippen molar-refractivity contribution < 1.29 is 19.1 Å². The van der Waals surface area contributed by atoms with E-state index in [-0.39, 0.29) is 17.9 Å². The molecule has 2 aromatic heterocycles. The maximum atomic E-state index is 13.6. The Morgan fingerprint density at radius 2 is 1.32 bits per heavy atom. The summed E-state index contributed by atoms with van der Waals surface area (Å²) in [6.45, 7) is 7.41. The molecule has 0 amide bonds. The van der Waals surface area contributed by atoms with Crippen LogP contribution >= 0.6 is 0 Å². The highest BCUT2D eigenvalue weighted by Crippen LogP contribution is 2.44. The van der Waals surface area contributed by atoms with Gasteiger partial charge in [0.15, 0.2) is 0 Å². The van der Waals surface area contributed by atoms with E-state index in [1.807, 2.05) is 82.4 Å². The van der Waals surface area contributed by atoms with Crippen LogP contribution in [0, 0.1) is 0 Å². The standard InChI is InChI=1S/C37H37N3O4/c1-6-43-34(41)31-28-22-23-30-29(32(28)39(5)33(31)35(42)44-36(2,3)4)24-40(38-30)37(25-16-10-7-11-17-25,26-18-12-8-13-19-26)27-20-14-9-15-21-27/h7-21,24H,6,22-23H2,1-5H3. The van der Waals surface area contributed by atoms with Gasteiger partial charge in [-0.05, 0) is 62.8 Å². The summed E-state index contributed by atoms with van der Waals surface area (Å²) >= 11 is 0. The Bertz CT molecular complexity index is 1720. The smallest absolute Gasteiger partial charge is 0.356 e. The second-order valence-corrected chi connectivity index (χ2v) is 12.1. The van der Waals surface area contributed by atoms with E-state index < -0.39 is 23.1 Å². The Kier molecular flexibility index (Phi) is 7.49. The number of carbonyl (C=O) groups is 2. The summed E-state index contributed by atoms with van der Waals surface area (Å²) in [6.07, 6.45) is 3.21. The summed E-state index contributed by atoms with van der Waals surface area (Å²) in [4.78, 5) is 27.0. The van der Waals surface area contributed by atoms with Gasteiger partial charge in [-0.15, -0.1) is 0 Å². The zero-order valence-corrected chi connectivity index (χ0v) is 25.8. The summed E-state index contributed by atoms with van der Waals surface area (Å²) in [7, 11) is 1.81. The molecule has 224 valence electrons. The first-order valence-corrected chi connectivity index (χ1v) is 15.0. The van der Waals surface area contributed by atoms with Crippen LogP contribution in [0.2, 0.25) is 0 Å². The van der Waals surface area contributed by atoms with Crippen molar-refractivity contribution in [1.82, 2.24) is 14.3 Å². The number of nitrogens with zero attached hydrogens (tertiary/aromatic N) is 3. The molecule has 3 aromatic carbocycles. The van der Waals surface area contributed by atoms with E-state index in [4.69, 9.17) is 14.6 Å². The van der Waals surface area contributed by atoms with Gasteiger partial charge in [0.05, 0.1) is 23.6 Å². The van der Waals surface area contributed by atoms with Gasteiger partial charge in [0.2, 0.25) is 0 Å². The Labute approximate surface area is 258 Å². The fraction of sp³-hybridized carbons (Fsp3) is 0.270. The summed E-state index contributed by atoms with van der Waals surface area (Å²) < 4.78 is 15.1. The highest BCUT2D eigenvalue weighted by atomic mass is 16.6. The summed E-state index contributed by atoms with van der Waals surface area (Å²) in [5, 5.41) is 5.29. The van der Waals surface area contributed by atoms with E-state index in [0.717, 1.165) is 39.2 Å². The SMILES string of the molecule is CCOC(=O)c1c2c(n(C)c1C(=O)OC(C)(C)C)-c1cn(C(c3ccccc3)(c3ccccc3)c3ccccc3)nc1CC2. The number of hydrogen-bond donors (Lipinski definition) is 0. The van der Waals surface area contributed by atoms with Crippen LogP contribution in [-0.2, 0) is 34.9 Å². The molecule has 7 nitrogen and oxygen atoms in total. The van der Waals surface area contributed by atoms with Gasteiger partial charge in [-0.25, -0.2) is 9.59 Å². The fourth-order valence-corrected chi connectivity index (χ4v) is 6.46. The predicted octanol–water partition coefficient (Wildman–Crippen LogP) is 6.96. The van der Waals surface area contributed by atoms with Crippen LogP contribution < -0.4 is 0 Å². The van der Waals surface area contributed by atoms with Crippen LogP contribution in [0.25, 0.3) is 11.3 Å². The third kappa shape index (κ3) is 4.82. The Balaban J connectivity index is 1.63. The van der Waals surface area contributed by atoms with Gasteiger partial charge in [0, 0.05) is 18.8 Å². The van der Waals surface area contributed by atoms with Crippen molar-refractivity contribution in [3.8, 4) is 11.3 Å². The second-order valence-electron chi connectivity index (χ2n) is 12.1. The quantitative estimate of drug-likeness (QED) is 0.152. The van der Waals surface area contributed by atoms with Gasteiger partial charge in [-0.3, -0.25) is 4.68 Å². The average Bonchev–Trinajstić information content (AvgIpc) is 3.57. The molecule has 0 fully saturated rings. The Morgan fingerprint density at radius 1 is 0.795 bits per heavy atom. The number of ether oxygens (including phenoxy) is 2. The normalized spacial score (nSPS) is 12.8. The zero-order valence-electron chi connectivity index (χ0n) is 25.8. The number of hydrogen-bond acceptors (Lipinski definition) is 5. The largest absolute Gasteiger partial charge is 0.462 e. The number of aryl methyl sites for hydroxylation is 1. The number of rotatable bonds is 7. The highest BCUT2D eigenvalue weighted by molar-refractivity contribution is 6.06. The van der Waals surface area contributed by atoms with Crippen molar-refractivity contribution in [3.05, 3.63) is 136 Å². The minimum atomic E-state index is -0.787. The van der Waals surface area contributed by atoms with Gasteiger partial charge >= 0.3 is 11.9 Å². The molecule has 0 saturated carbocycles. The first-order valence-electron chi connectivity index (χ1n) is 15.0. The monoisotopic (exact) mass is 587 g/mol. The summed E-state index contributed by atoms with van der Waals surface area (Å²) in [6, 6.07) is 31.1. The van der Waals surface area contributed by atoms with Crippen LogP contribution in [-0.4, -0.2) is 38.5 Å². The van der Waals surface area contributed by atoms with E-state index >= 15 is 0 Å². The van der Waals surface area contributed by atoms with E-state index in [0.29, 0.717) is 12.8 Å². The topological polar surface area (TPSA) is 75.3 Å². The van der Waals surface area contributed by atoms with Crippen molar-refractivity contribution in [2.24, 2.45) is 7.05 Å². The molecule has 0 atom stereocenters. The van der Waals surface area contributed by atoms with Crippen molar-refractivity contribution in [2.75, 3.05) is 6.61 Å². The van der Waals surface area contributed by atoms with Crippen LogP contribution in [0.5, 0.6) is 0 Å². The molecule has 0 aliphatic heterocycles. The van der Waals surface area contributed by atoms with Crippen molar-refractivity contribution >= 4 is 11.9 Å². The van der Waals surface area contributed by atoms with E-state index in [1.165, 1.54) is 0 Å². The molecule has 7 heteroatoms. The van der Waals surface area contributed by atoms with E-state index in [2.05, 4.69) is 47.3 Å². The van der Waals surface area contributed by atoms with Gasteiger partial charge in [-0.2, -0.15) is 5.10 Å². The molecule has 5 aromatic rings. The molecule has 1 aliphatic carbocycles. The number of carbonyl (C=O) groups excluding carboxylic acids is 2. The molecule has 44 heavy (non-hydrogen) atoms. The third-order valence-electron chi connectivity index (χ3n) is 8.14. The molecule has 6 rings (SSSR count). The van der Waals surface area contributed by atoms with Crippen molar-refractivity contribution in [3.63, 3.8) is 0 Å². The number of fused-ring (bicyclic) bond motifs is 3. The fourth-order valence-electron chi connectivity index (χ4n) is 6.46. The molecule has 0 unspecified atom stereocenters. The van der Waals surface area contributed by atoms with Crippen LogP contribution in [0.3, 0.4) is 0 Å². The molecule has 0 saturated heterocycles. The van der Waals surface area contributed by atoms with Crippen LogP contribution in [0.4, 0.5) is 0 Å². The molecule has 1 aliphatic rings. The molecular formula is C37H37N3O4. The molecule has 0 spiro atoms.